The Hall–Kier alpha value is -1.77. The van der Waals surface area contributed by atoms with E-state index in [0.29, 0.717) is 13.0 Å². The van der Waals surface area contributed by atoms with Crippen LogP contribution in [0.5, 0.6) is 5.75 Å². The first kappa shape index (κ1) is 8.53. The van der Waals surface area contributed by atoms with E-state index in [0.717, 1.165) is 29.1 Å². The number of hydrogen-bond donors (Lipinski definition) is 1. The van der Waals surface area contributed by atoms with Crippen molar-refractivity contribution in [2.45, 2.75) is 6.42 Å². The quantitative estimate of drug-likeness (QED) is 0.698. The molecular formula is C12H11NO2. The Morgan fingerprint density at radius 3 is 3.20 bits per heavy atom. The molecular weight excluding hydrogens is 190 g/mol. The number of anilines is 1. The van der Waals surface area contributed by atoms with Crippen LogP contribution in [0.1, 0.15) is 22.3 Å². The van der Waals surface area contributed by atoms with Crippen LogP contribution >= 0.6 is 0 Å². The number of rotatable bonds is 0. The highest BCUT2D eigenvalue weighted by Crippen LogP contribution is 2.35. The second kappa shape index (κ2) is 3.12. The van der Waals surface area contributed by atoms with Crippen molar-refractivity contribution < 1.29 is 9.53 Å². The standard InChI is InChI=1S/C12H11NO2/c14-10-5-6-13-12-8(10)3-4-11-9(12)2-1-7-15-11/h1-4,13H,5-7H2. The molecule has 0 radical (unpaired) electrons. The monoisotopic (exact) mass is 201 g/mol. The van der Waals surface area contributed by atoms with E-state index in [-0.39, 0.29) is 5.78 Å². The van der Waals surface area contributed by atoms with E-state index < -0.39 is 0 Å². The molecule has 3 nitrogen and oxygen atoms in total. The minimum atomic E-state index is 0.213. The van der Waals surface area contributed by atoms with Crippen LogP contribution in [0.4, 0.5) is 5.69 Å². The number of fused-ring (bicyclic) bond motifs is 3. The van der Waals surface area contributed by atoms with Crippen molar-refractivity contribution in [1.29, 1.82) is 0 Å². The van der Waals surface area contributed by atoms with Gasteiger partial charge in [0, 0.05) is 24.1 Å². The molecule has 2 heterocycles. The maximum Gasteiger partial charge on any atom is 0.166 e. The molecule has 3 heteroatoms. The van der Waals surface area contributed by atoms with Gasteiger partial charge in [-0.25, -0.2) is 0 Å². The summed E-state index contributed by atoms with van der Waals surface area (Å²) >= 11 is 0. The van der Waals surface area contributed by atoms with Crippen LogP contribution < -0.4 is 10.1 Å². The van der Waals surface area contributed by atoms with E-state index in [2.05, 4.69) is 5.32 Å². The van der Waals surface area contributed by atoms with Crippen LogP contribution in [-0.2, 0) is 0 Å². The zero-order chi connectivity index (χ0) is 10.3. The van der Waals surface area contributed by atoms with Crippen LogP contribution in [0, 0.1) is 0 Å². The summed E-state index contributed by atoms with van der Waals surface area (Å²) in [6.07, 6.45) is 4.56. The Kier molecular flexibility index (Phi) is 1.78. The van der Waals surface area contributed by atoms with Gasteiger partial charge in [0.05, 0.1) is 5.69 Å². The Morgan fingerprint density at radius 2 is 2.27 bits per heavy atom. The van der Waals surface area contributed by atoms with E-state index in [1.165, 1.54) is 0 Å². The minimum Gasteiger partial charge on any atom is -0.489 e. The lowest BCUT2D eigenvalue weighted by atomic mass is 9.97. The Bertz CT molecular complexity index is 463. The Morgan fingerprint density at radius 1 is 1.33 bits per heavy atom. The molecule has 0 saturated heterocycles. The zero-order valence-electron chi connectivity index (χ0n) is 8.25. The summed E-state index contributed by atoms with van der Waals surface area (Å²) in [6.45, 7) is 1.33. The molecule has 0 bridgehead atoms. The molecule has 2 aliphatic heterocycles. The number of ketones is 1. The lowest BCUT2D eigenvalue weighted by molar-refractivity contribution is 0.0983. The first-order chi connectivity index (χ1) is 7.36. The van der Waals surface area contributed by atoms with Crippen LogP contribution in [0.15, 0.2) is 18.2 Å². The fourth-order valence-electron chi connectivity index (χ4n) is 2.05. The van der Waals surface area contributed by atoms with Crippen LogP contribution in [0.2, 0.25) is 0 Å². The number of hydrogen-bond acceptors (Lipinski definition) is 3. The van der Waals surface area contributed by atoms with E-state index in [1.54, 1.807) is 0 Å². The third-order valence-electron chi connectivity index (χ3n) is 2.78. The summed E-state index contributed by atoms with van der Waals surface area (Å²) in [4.78, 5) is 11.7. The van der Waals surface area contributed by atoms with Crippen molar-refractivity contribution in [3.05, 3.63) is 29.3 Å². The smallest absolute Gasteiger partial charge is 0.166 e. The average Bonchev–Trinajstić information content (AvgIpc) is 2.29. The molecule has 0 spiro atoms. The number of nitrogens with one attached hydrogen (secondary N) is 1. The van der Waals surface area contributed by atoms with Crippen molar-refractivity contribution in [2.75, 3.05) is 18.5 Å². The van der Waals surface area contributed by atoms with Crippen LogP contribution in [0.25, 0.3) is 6.08 Å². The molecule has 0 aliphatic carbocycles. The van der Waals surface area contributed by atoms with Gasteiger partial charge < -0.3 is 10.1 Å². The first-order valence-corrected chi connectivity index (χ1v) is 5.09. The third-order valence-corrected chi connectivity index (χ3v) is 2.78. The second-order valence-corrected chi connectivity index (χ2v) is 3.71. The molecule has 0 amide bonds. The van der Waals surface area contributed by atoms with E-state index >= 15 is 0 Å². The number of benzene rings is 1. The van der Waals surface area contributed by atoms with Gasteiger partial charge in [-0.3, -0.25) is 4.79 Å². The molecule has 0 aromatic heterocycles. The molecule has 15 heavy (non-hydrogen) atoms. The van der Waals surface area contributed by atoms with Crippen molar-refractivity contribution in [2.24, 2.45) is 0 Å². The van der Waals surface area contributed by atoms with Gasteiger partial charge in [-0.05, 0) is 24.3 Å². The van der Waals surface area contributed by atoms with Crippen molar-refractivity contribution >= 4 is 17.5 Å². The van der Waals surface area contributed by atoms with Gasteiger partial charge in [-0.2, -0.15) is 0 Å². The number of carbonyl (C=O) groups is 1. The molecule has 3 rings (SSSR count). The summed E-state index contributed by atoms with van der Waals surface area (Å²) in [5, 5.41) is 3.27. The molecule has 76 valence electrons. The summed E-state index contributed by atoms with van der Waals surface area (Å²) < 4.78 is 5.49. The fraction of sp³-hybridized carbons (Fsp3) is 0.250. The fourth-order valence-corrected chi connectivity index (χ4v) is 2.05. The third kappa shape index (κ3) is 1.23. The van der Waals surface area contributed by atoms with Gasteiger partial charge in [-0.15, -0.1) is 0 Å². The van der Waals surface area contributed by atoms with E-state index in [1.807, 2.05) is 24.3 Å². The highest BCUT2D eigenvalue weighted by atomic mass is 16.5. The molecule has 1 aromatic carbocycles. The van der Waals surface area contributed by atoms with E-state index in [4.69, 9.17) is 4.74 Å². The predicted octanol–water partition coefficient (Wildman–Crippen LogP) is 2.09. The van der Waals surface area contributed by atoms with Gasteiger partial charge in [0.25, 0.3) is 0 Å². The van der Waals surface area contributed by atoms with Gasteiger partial charge >= 0.3 is 0 Å². The van der Waals surface area contributed by atoms with Crippen molar-refractivity contribution in [1.82, 2.24) is 0 Å². The molecule has 0 fully saturated rings. The Labute approximate surface area is 87.7 Å². The highest BCUT2D eigenvalue weighted by Gasteiger charge is 2.21. The minimum absolute atomic E-state index is 0.213. The molecule has 1 N–H and O–H groups in total. The largest absolute Gasteiger partial charge is 0.489 e. The molecule has 0 atom stereocenters. The zero-order valence-corrected chi connectivity index (χ0v) is 8.25. The Balaban J connectivity index is 2.23. The van der Waals surface area contributed by atoms with Gasteiger partial charge in [0.2, 0.25) is 0 Å². The number of carbonyl (C=O) groups excluding carboxylic acids is 1. The summed E-state index contributed by atoms with van der Waals surface area (Å²) in [7, 11) is 0. The van der Waals surface area contributed by atoms with Crippen LogP contribution in [0.3, 0.4) is 0 Å². The maximum absolute atomic E-state index is 11.7. The molecule has 1 aromatic rings. The normalized spacial score (nSPS) is 17.5. The summed E-state index contributed by atoms with van der Waals surface area (Å²) in [5.41, 5.74) is 2.72. The van der Waals surface area contributed by atoms with Gasteiger partial charge in [0.15, 0.2) is 5.78 Å². The predicted molar refractivity (Wildman–Crippen MR) is 58.4 cm³/mol. The summed E-state index contributed by atoms with van der Waals surface area (Å²) in [5.74, 6) is 1.07. The first-order valence-electron chi connectivity index (χ1n) is 5.09. The lowest BCUT2D eigenvalue weighted by Crippen LogP contribution is -2.19. The summed E-state index contributed by atoms with van der Waals surface area (Å²) in [6, 6.07) is 3.73. The number of ether oxygens (including phenoxy) is 1. The highest BCUT2D eigenvalue weighted by molar-refractivity contribution is 6.05. The molecule has 0 saturated carbocycles. The SMILES string of the molecule is O=C1CCNc2c1ccc1c2C=CCO1. The average molecular weight is 201 g/mol. The van der Waals surface area contributed by atoms with Gasteiger partial charge in [0.1, 0.15) is 12.4 Å². The van der Waals surface area contributed by atoms with Crippen molar-refractivity contribution in [3.8, 4) is 5.75 Å². The van der Waals surface area contributed by atoms with Crippen molar-refractivity contribution in [3.63, 3.8) is 0 Å². The van der Waals surface area contributed by atoms with Gasteiger partial charge in [-0.1, -0.05) is 0 Å². The molecule has 2 aliphatic rings. The topological polar surface area (TPSA) is 38.3 Å². The van der Waals surface area contributed by atoms with E-state index in [9.17, 15) is 4.79 Å². The maximum atomic E-state index is 11.7. The lowest BCUT2D eigenvalue weighted by Gasteiger charge is -2.22. The number of Topliss-reactive ketones (excluding diaryl/α,β-unsaturated/α-hetero) is 1. The second-order valence-electron chi connectivity index (χ2n) is 3.71. The van der Waals surface area contributed by atoms with Crippen LogP contribution in [-0.4, -0.2) is 18.9 Å². The molecule has 0 unspecified atom stereocenters.